The van der Waals surface area contributed by atoms with E-state index in [-0.39, 0.29) is 13.2 Å². The van der Waals surface area contributed by atoms with Gasteiger partial charge in [-0.3, -0.25) is 0 Å². The molecule has 0 saturated carbocycles. The lowest BCUT2D eigenvalue weighted by Crippen LogP contribution is -2.29. The molecule has 1 aromatic heterocycles. The standard InChI is InChI=1S/C15H20N2O3/c1-11-4-9-20-15(11)13-10-12(2-3-14(13)16)17(5-7-18)6-8-19/h2-4,9-10,18-19H,5-8,16H2,1H3. The molecule has 5 nitrogen and oxygen atoms in total. The van der Waals surface area contributed by atoms with E-state index < -0.39 is 0 Å². The summed E-state index contributed by atoms with van der Waals surface area (Å²) in [6.45, 7) is 2.94. The summed E-state index contributed by atoms with van der Waals surface area (Å²) in [5.41, 5.74) is 9.40. The third-order valence-electron chi connectivity index (χ3n) is 3.25. The molecule has 0 amide bonds. The quantitative estimate of drug-likeness (QED) is 0.698. The Morgan fingerprint density at radius 3 is 2.40 bits per heavy atom. The molecule has 108 valence electrons. The van der Waals surface area contributed by atoms with Crippen LogP contribution < -0.4 is 10.6 Å². The zero-order valence-electron chi connectivity index (χ0n) is 11.5. The number of aliphatic hydroxyl groups is 2. The van der Waals surface area contributed by atoms with Crippen LogP contribution in [-0.4, -0.2) is 36.5 Å². The second-order valence-corrected chi connectivity index (χ2v) is 4.64. The monoisotopic (exact) mass is 276 g/mol. The topological polar surface area (TPSA) is 82.9 Å². The first-order valence-electron chi connectivity index (χ1n) is 6.58. The van der Waals surface area contributed by atoms with Crippen molar-refractivity contribution in [1.82, 2.24) is 0 Å². The first-order valence-corrected chi connectivity index (χ1v) is 6.58. The van der Waals surface area contributed by atoms with E-state index in [1.807, 2.05) is 36.1 Å². The fraction of sp³-hybridized carbons (Fsp3) is 0.333. The molecule has 0 aliphatic rings. The van der Waals surface area contributed by atoms with Crippen molar-refractivity contribution in [2.24, 2.45) is 0 Å². The van der Waals surface area contributed by atoms with Gasteiger partial charge in [-0.05, 0) is 36.8 Å². The lowest BCUT2D eigenvalue weighted by Gasteiger charge is -2.23. The predicted molar refractivity (Wildman–Crippen MR) is 79.7 cm³/mol. The Balaban J connectivity index is 2.39. The van der Waals surface area contributed by atoms with Gasteiger partial charge in [0.15, 0.2) is 0 Å². The second kappa shape index (κ2) is 6.45. The first kappa shape index (κ1) is 14.4. The van der Waals surface area contributed by atoms with Crippen LogP contribution in [-0.2, 0) is 0 Å². The van der Waals surface area contributed by atoms with Gasteiger partial charge in [0.25, 0.3) is 0 Å². The molecule has 2 rings (SSSR count). The Morgan fingerprint density at radius 1 is 1.15 bits per heavy atom. The van der Waals surface area contributed by atoms with E-state index in [9.17, 15) is 0 Å². The largest absolute Gasteiger partial charge is 0.464 e. The van der Waals surface area contributed by atoms with Crippen LogP contribution in [0.3, 0.4) is 0 Å². The summed E-state index contributed by atoms with van der Waals surface area (Å²) >= 11 is 0. The fourth-order valence-corrected chi connectivity index (χ4v) is 2.20. The Bertz CT molecular complexity index is 560. The van der Waals surface area contributed by atoms with E-state index >= 15 is 0 Å². The van der Waals surface area contributed by atoms with E-state index in [0.717, 1.165) is 22.6 Å². The number of furan rings is 1. The zero-order chi connectivity index (χ0) is 14.5. The number of aryl methyl sites for hydroxylation is 1. The van der Waals surface area contributed by atoms with Crippen LogP contribution in [0.4, 0.5) is 11.4 Å². The van der Waals surface area contributed by atoms with Crippen LogP contribution in [0.15, 0.2) is 34.9 Å². The Labute approximate surface area is 118 Å². The van der Waals surface area contributed by atoms with Gasteiger partial charge in [-0.25, -0.2) is 0 Å². The highest BCUT2D eigenvalue weighted by Gasteiger charge is 2.13. The maximum absolute atomic E-state index is 9.11. The van der Waals surface area contributed by atoms with Crippen molar-refractivity contribution < 1.29 is 14.6 Å². The molecule has 1 heterocycles. The molecule has 0 fully saturated rings. The average molecular weight is 276 g/mol. The van der Waals surface area contributed by atoms with Gasteiger partial charge in [-0.15, -0.1) is 0 Å². The molecule has 0 radical (unpaired) electrons. The van der Waals surface area contributed by atoms with Crippen molar-refractivity contribution in [2.75, 3.05) is 36.9 Å². The number of nitrogen functional groups attached to an aromatic ring is 1. The molecule has 0 aliphatic carbocycles. The summed E-state index contributed by atoms with van der Waals surface area (Å²) < 4.78 is 5.49. The lowest BCUT2D eigenvalue weighted by atomic mass is 10.1. The molecule has 2 aromatic rings. The molecule has 5 heteroatoms. The van der Waals surface area contributed by atoms with Crippen molar-refractivity contribution in [3.63, 3.8) is 0 Å². The van der Waals surface area contributed by atoms with E-state index in [1.165, 1.54) is 0 Å². The van der Waals surface area contributed by atoms with Crippen molar-refractivity contribution >= 4 is 11.4 Å². The van der Waals surface area contributed by atoms with E-state index in [0.29, 0.717) is 18.8 Å². The highest BCUT2D eigenvalue weighted by Crippen LogP contribution is 2.32. The van der Waals surface area contributed by atoms with Crippen LogP contribution in [0.25, 0.3) is 11.3 Å². The van der Waals surface area contributed by atoms with Gasteiger partial charge in [-0.2, -0.15) is 0 Å². The van der Waals surface area contributed by atoms with Crippen LogP contribution in [0.5, 0.6) is 0 Å². The summed E-state index contributed by atoms with van der Waals surface area (Å²) in [5, 5.41) is 18.2. The number of aliphatic hydroxyl groups excluding tert-OH is 2. The molecular weight excluding hydrogens is 256 g/mol. The third-order valence-corrected chi connectivity index (χ3v) is 3.25. The summed E-state index contributed by atoms with van der Waals surface area (Å²) in [5.74, 6) is 0.747. The van der Waals surface area contributed by atoms with Gasteiger partial charge < -0.3 is 25.3 Å². The Kier molecular flexibility index (Phi) is 4.65. The number of hydrogen-bond donors (Lipinski definition) is 3. The van der Waals surface area contributed by atoms with Gasteiger partial charge in [0.1, 0.15) is 5.76 Å². The number of rotatable bonds is 6. The lowest BCUT2D eigenvalue weighted by molar-refractivity contribution is 0.281. The molecule has 0 atom stereocenters. The van der Waals surface area contributed by atoms with Gasteiger partial charge in [0.05, 0.1) is 19.5 Å². The molecule has 4 N–H and O–H groups in total. The van der Waals surface area contributed by atoms with E-state index in [2.05, 4.69) is 0 Å². The second-order valence-electron chi connectivity index (χ2n) is 4.64. The van der Waals surface area contributed by atoms with Gasteiger partial charge in [0, 0.05) is 30.0 Å². The number of hydrogen-bond acceptors (Lipinski definition) is 5. The number of anilines is 2. The van der Waals surface area contributed by atoms with Crippen LogP contribution >= 0.6 is 0 Å². The van der Waals surface area contributed by atoms with Crippen LogP contribution in [0, 0.1) is 6.92 Å². The number of benzene rings is 1. The van der Waals surface area contributed by atoms with Gasteiger partial charge in [0.2, 0.25) is 0 Å². The smallest absolute Gasteiger partial charge is 0.138 e. The van der Waals surface area contributed by atoms with E-state index in [1.54, 1.807) is 6.26 Å². The number of nitrogens with zero attached hydrogens (tertiary/aromatic N) is 1. The summed E-state index contributed by atoms with van der Waals surface area (Å²) in [6.07, 6.45) is 1.63. The molecule has 20 heavy (non-hydrogen) atoms. The van der Waals surface area contributed by atoms with Crippen molar-refractivity contribution in [3.05, 3.63) is 36.1 Å². The summed E-state index contributed by atoms with van der Waals surface area (Å²) in [4.78, 5) is 1.90. The van der Waals surface area contributed by atoms with Crippen LogP contribution in [0.1, 0.15) is 5.56 Å². The van der Waals surface area contributed by atoms with Crippen LogP contribution in [0.2, 0.25) is 0 Å². The summed E-state index contributed by atoms with van der Waals surface area (Å²) in [7, 11) is 0. The maximum Gasteiger partial charge on any atom is 0.138 e. The van der Waals surface area contributed by atoms with Gasteiger partial charge >= 0.3 is 0 Å². The summed E-state index contributed by atoms with van der Waals surface area (Å²) in [6, 6.07) is 7.50. The zero-order valence-corrected chi connectivity index (χ0v) is 11.5. The molecule has 0 aliphatic heterocycles. The third kappa shape index (κ3) is 2.95. The highest BCUT2D eigenvalue weighted by atomic mass is 16.3. The molecule has 0 spiro atoms. The van der Waals surface area contributed by atoms with Gasteiger partial charge in [-0.1, -0.05) is 0 Å². The first-order chi connectivity index (χ1) is 9.67. The molecule has 0 saturated heterocycles. The highest BCUT2D eigenvalue weighted by molar-refractivity contribution is 5.78. The van der Waals surface area contributed by atoms with Crippen molar-refractivity contribution in [1.29, 1.82) is 0 Å². The normalized spacial score (nSPS) is 10.8. The number of nitrogens with two attached hydrogens (primary N) is 1. The van der Waals surface area contributed by atoms with E-state index in [4.69, 9.17) is 20.4 Å². The minimum Gasteiger partial charge on any atom is -0.464 e. The molecule has 0 unspecified atom stereocenters. The Morgan fingerprint density at radius 2 is 1.85 bits per heavy atom. The molecule has 0 bridgehead atoms. The van der Waals surface area contributed by atoms with Crippen molar-refractivity contribution in [2.45, 2.75) is 6.92 Å². The SMILES string of the molecule is Cc1ccoc1-c1cc(N(CCO)CCO)ccc1N. The minimum atomic E-state index is 0.0273. The predicted octanol–water partition coefficient (Wildman–Crippen LogP) is 1.63. The molecular formula is C15H20N2O3. The Hall–Kier alpha value is -1.98. The molecule has 1 aromatic carbocycles. The minimum absolute atomic E-state index is 0.0273. The fourth-order valence-electron chi connectivity index (χ4n) is 2.20. The maximum atomic E-state index is 9.11. The average Bonchev–Trinajstić information content (AvgIpc) is 2.85. The van der Waals surface area contributed by atoms with Crippen molar-refractivity contribution in [3.8, 4) is 11.3 Å².